The van der Waals surface area contributed by atoms with Crippen LogP contribution in [0.1, 0.15) is 11.1 Å². The third kappa shape index (κ3) is 4.19. The van der Waals surface area contributed by atoms with Gasteiger partial charge in [-0.05, 0) is 61.4 Å². The molecule has 0 spiro atoms. The number of hydrogen-bond donors (Lipinski definition) is 0. The zero-order valence-electron chi connectivity index (χ0n) is 16.9. The van der Waals surface area contributed by atoms with Gasteiger partial charge in [-0.25, -0.2) is 8.42 Å². The molecule has 8 heteroatoms. The monoisotopic (exact) mass is 442 g/mol. The van der Waals surface area contributed by atoms with E-state index in [1.54, 1.807) is 18.2 Å². The normalized spacial score (nSPS) is 15.4. The van der Waals surface area contributed by atoms with Crippen LogP contribution in [0.4, 0.5) is 5.82 Å². The molecule has 1 aliphatic rings. The molecule has 0 bridgehead atoms. The van der Waals surface area contributed by atoms with Gasteiger partial charge in [0.25, 0.3) is 0 Å². The minimum atomic E-state index is -3.55. The van der Waals surface area contributed by atoms with Crippen molar-refractivity contribution in [3.8, 4) is 11.3 Å². The van der Waals surface area contributed by atoms with E-state index in [2.05, 4.69) is 41.1 Å². The second kappa shape index (κ2) is 8.34. The van der Waals surface area contributed by atoms with Crippen LogP contribution >= 0.6 is 11.6 Å². The van der Waals surface area contributed by atoms with Gasteiger partial charge in [0.2, 0.25) is 10.0 Å². The molecule has 0 amide bonds. The summed E-state index contributed by atoms with van der Waals surface area (Å²) in [5.41, 5.74) is 4.32. The molecule has 1 saturated heterocycles. The number of rotatable bonds is 4. The molecule has 0 N–H and O–H groups in total. The van der Waals surface area contributed by atoms with Gasteiger partial charge < -0.3 is 4.90 Å². The van der Waals surface area contributed by atoms with Crippen LogP contribution in [0.15, 0.2) is 59.5 Å². The molecule has 0 aliphatic carbocycles. The van der Waals surface area contributed by atoms with Crippen LogP contribution in [0.3, 0.4) is 0 Å². The maximum Gasteiger partial charge on any atom is 0.243 e. The molecule has 0 saturated carbocycles. The van der Waals surface area contributed by atoms with Crippen molar-refractivity contribution >= 4 is 27.4 Å². The average Bonchev–Trinajstić information content (AvgIpc) is 2.76. The van der Waals surface area contributed by atoms with Crippen molar-refractivity contribution in [1.82, 2.24) is 14.5 Å². The highest BCUT2D eigenvalue weighted by atomic mass is 35.5. The second-order valence-electron chi connectivity index (χ2n) is 7.42. The van der Waals surface area contributed by atoms with Gasteiger partial charge in [0, 0.05) is 36.8 Å². The van der Waals surface area contributed by atoms with Crippen molar-refractivity contribution in [2.75, 3.05) is 31.1 Å². The standard InChI is InChI=1S/C22H23ClN4O2S/c1-16-6-7-18(14-17(16)2)21-8-9-22(25-24-21)26-10-12-27(13-11-26)30(28,29)20-5-3-4-19(23)15-20/h3-9,14-15H,10-13H2,1-2H3. The zero-order chi connectivity index (χ0) is 21.3. The molecule has 2 heterocycles. The van der Waals surface area contributed by atoms with Crippen LogP contribution in [0.2, 0.25) is 5.02 Å². The number of nitrogens with zero attached hydrogens (tertiary/aromatic N) is 4. The predicted molar refractivity (Wildman–Crippen MR) is 119 cm³/mol. The van der Waals surface area contributed by atoms with E-state index in [0.717, 1.165) is 17.1 Å². The molecule has 0 unspecified atom stereocenters. The van der Waals surface area contributed by atoms with E-state index < -0.39 is 10.0 Å². The van der Waals surface area contributed by atoms with E-state index >= 15 is 0 Å². The Labute approximate surface area is 182 Å². The summed E-state index contributed by atoms with van der Waals surface area (Å²) >= 11 is 5.96. The Hall–Kier alpha value is -2.48. The maximum atomic E-state index is 12.9. The number of sulfonamides is 1. The Morgan fingerprint density at radius 2 is 1.63 bits per heavy atom. The van der Waals surface area contributed by atoms with Crippen LogP contribution in [-0.2, 0) is 10.0 Å². The number of aromatic nitrogens is 2. The lowest BCUT2D eigenvalue weighted by molar-refractivity contribution is 0.383. The van der Waals surface area contributed by atoms with Crippen LogP contribution in [0.25, 0.3) is 11.3 Å². The van der Waals surface area contributed by atoms with Crippen molar-refractivity contribution in [2.24, 2.45) is 0 Å². The van der Waals surface area contributed by atoms with Gasteiger partial charge >= 0.3 is 0 Å². The van der Waals surface area contributed by atoms with E-state index in [0.29, 0.717) is 31.2 Å². The highest BCUT2D eigenvalue weighted by molar-refractivity contribution is 7.89. The van der Waals surface area contributed by atoms with Crippen LogP contribution in [0, 0.1) is 13.8 Å². The SMILES string of the molecule is Cc1ccc(-c2ccc(N3CCN(S(=O)(=O)c4cccc(Cl)c4)CC3)nn2)cc1C. The van der Waals surface area contributed by atoms with Crippen LogP contribution in [-0.4, -0.2) is 49.1 Å². The summed E-state index contributed by atoms with van der Waals surface area (Å²) in [6, 6.07) is 16.5. The summed E-state index contributed by atoms with van der Waals surface area (Å²) in [6.07, 6.45) is 0. The summed E-state index contributed by atoms with van der Waals surface area (Å²) in [6.45, 7) is 6.04. The Morgan fingerprint density at radius 3 is 2.27 bits per heavy atom. The minimum absolute atomic E-state index is 0.223. The first-order valence-electron chi connectivity index (χ1n) is 9.76. The van der Waals surface area contributed by atoms with Crippen molar-refractivity contribution < 1.29 is 8.42 Å². The summed E-state index contributed by atoms with van der Waals surface area (Å²) in [5, 5.41) is 9.17. The van der Waals surface area contributed by atoms with E-state index in [1.807, 2.05) is 18.2 Å². The Morgan fingerprint density at radius 1 is 0.867 bits per heavy atom. The molecule has 4 rings (SSSR count). The summed E-state index contributed by atoms with van der Waals surface area (Å²) < 4.78 is 27.2. The fourth-order valence-electron chi connectivity index (χ4n) is 3.48. The minimum Gasteiger partial charge on any atom is -0.352 e. The van der Waals surface area contributed by atoms with E-state index in [1.165, 1.54) is 21.5 Å². The van der Waals surface area contributed by atoms with Gasteiger partial charge in [0.05, 0.1) is 10.6 Å². The van der Waals surface area contributed by atoms with Crippen LogP contribution in [0.5, 0.6) is 0 Å². The molecule has 0 atom stereocenters. The van der Waals surface area contributed by atoms with Gasteiger partial charge in [0.15, 0.2) is 5.82 Å². The first-order valence-corrected chi connectivity index (χ1v) is 11.6. The largest absolute Gasteiger partial charge is 0.352 e. The molecule has 1 fully saturated rings. The molecule has 6 nitrogen and oxygen atoms in total. The molecule has 3 aromatic rings. The third-order valence-corrected chi connectivity index (χ3v) is 7.58. The van der Waals surface area contributed by atoms with Gasteiger partial charge in [-0.3, -0.25) is 0 Å². The van der Waals surface area contributed by atoms with Gasteiger partial charge in [0.1, 0.15) is 0 Å². The Balaban J connectivity index is 1.44. The molecule has 156 valence electrons. The molecule has 1 aromatic heterocycles. The summed E-state index contributed by atoms with van der Waals surface area (Å²) in [5.74, 6) is 0.752. The van der Waals surface area contributed by atoms with Crippen LogP contribution < -0.4 is 4.90 Å². The van der Waals surface area contributed by atoms with Crippen molar-refractivity contribution in [2.45, 2.75) is 18.7 Å². The number of halogens is 1. The van der Waals surface area contributed by atoms with Crippen molar-refractivity contribution in [3.05, 3.63) is 70.7 Å². The van der Waals surface area contributed by atoms with Gasteiger partial charge in [-0.2, -0.15) is 4.31 Å². The topological polar surface area (TPSA) is 66.4 Å². The quantitative estimate of drug-likeness (QED) is 0.612. The predicted octanol–water partition coefficient (Wildman–Crippen LogP) is 3.92. The lowest BCUT2D eigenvalue weighted by Gasteiger charge is -2.34. The van der Waals surface area contributed by atoms with E-state index in [9.17, 15) is 8.42 Å². The number of benzene rings is 2. The fourth-order valence-corrected chi connectivity index (χ4v) is 5.21. The molecule has 30 heavy (non-hydrogen) atoms. The maximum absolute atomic E-state index is 12.9. The number of hydrogen-bond acceptors (Lipinski definition) is 5. The van der Waals surface area contributed by atoms with E-state index in [4.69, 9.17) is 11.6 Å². The third-order valence-electron chi connectivity index (χ3n) is 5.45. The second-order valence-corrected chi connectivity index (χ2v) is 9.80. The average molecular weight is 443 g/mol. The highest BCUT2D eigenvalue weighted by Gasteiger charge is 2.29. The van der Waals surface area contributed by atoms with Crippen molar-refractivity contribution in [3.63, 3.8) is 0 Å². The molecule has 1 aliphatic heterocycles. The first-order chi connectivity index (χ1) is 14.3. The highest BCUT2D eigenvalue weighted by Crippen LogP contribution is 2.24. The van der Waals surface area contributed by atoms with Gasteiger partial charge in [-0.15, -0.1) is 10.2 Å². The smallest absolute Gasteiger partial charge is 0.243 e. The Bertz CT molecular complexity index is 1160. The lowest BCUT2D eigenvalue weighted by atomic mass is 10.0. The number of piperazine rings is 1. The van der Waals surface area contributed by atoms with Gasteiger partial charge in [-0.1, -0.05) is 29.8 Å². The zero-order valence-corrected chi connectivity index (χ0v) is 18.5. The lowest BCUT2D eigenvalue weighted by Crippen LogP contribution is -2.49. The molecular formula is C22H23ClN4O2S. The first kappa shape index (κ1) is 20.8. The Kier molecular flexibility index (Phi) is 5.77. The molecular weight excluding hydrogens is 420 g/mol. The van der Waals surface area contributed by atoms with E-state index in [-0.39, 0.29) is 4.90 Å². The molecule has 0 radical (unpaired) electrons. The number of aryl methyl sites for hydroxylation is 2. The summed E-state index contributed by atoms with van der Waals surface area (Å²) in [7, 11) is -3.55. The molecule has 2 aromatic carbocycles. The number of anilines is 1. The fraction of sp³-hybridized carbons (Fsp3) is 0.273. The summed E-state index contributed by atoms with van der Waals surface area (Å²) in [4.78, 5) is 2.28. The van der Waals surface area contributed by atoms with Crippen molar-refractivity contribution in [1.29, 1.82) is 0 Å².